The molecular weight excluding hydrogens is 178 g/mol. The van der Waals surface area contributed by atoms with Crippen LogP contribution in [0.5, 0.6) is 0 Å². The molecule has 1 aromatic rings. The van der Waals surface area contributed by atoms with E-state index in [1.807, 2.05) is 0 Å². The van der Waals surface area contributed by atoms with E-state index >= 15 is 0 Å². The Kier molecular flexibility index (Phi) is 2.70. The van der Waals surface area contributed by atoms with Gasteiger partial charge in [0, 0.05) is 0 Å². The molecule has 0 radical (unpaired) electrons. The molecule has 1 nitrogen and oxygen atoms in total. The first-order valence-corrected chi connectivity index (χ1v) is 6.00. The second-order valence-electron chi connectivity index (χ2n) is 4.22. The molecule has 1 aliphatic carbocycles. The van der Waals surface area contributed by atoms with Gasteiger partial charge in [-0.25, -0.2) is 0 Å². The number of hydrogen-bond donors (Lipinski definition) is 1. The largest absolute Gasteiger partial charge is 0.330 e. The van der Waals surface area contributed by atoms with Crippen molar-refractivity contribution in [3.8, 4) is 0 Å². The van der Waals surface area contributed by atoms with Crippen molar-refractivity contribution in [3.05, 3.63) is 22.4 Å². The summed E-state index contributed by atoms with van der Waals surface area (Å²) in [5.41, 5.74) is 7.82. The Morgan fingerprint density at radius 1 is 1.38 bits per heavy atom. The van der Waals surface area contributed by atoms with Crippen LogP contribution < -0.4 is 5.73 Å². The highest BCUT2D eigenvalue weighted by atomic mass is 32.1. The third-order valence-electron chi connectivity index (χ3n) is 3.26. The molecule has 0 saturated heterocycles. The van der Waals surface area contributed by atoms with E-state index in [9.17, 15) is 0 Å². The first kappa shape index (κ1) is 9.22. The predicted molar refractivity (Wildman–Crippen MR) is 58.0 cm³/mol. The van der Waals surface area contributed by atoms with Crippen LogP contribution in [0, 0.1) is 5.41 Å². The zero-order chi connectivity index (χ0) is 9.15. The quantitative estimate of drug-likeness (QED) is 0.788. The van der Waals surface area contributed by atoms with Gasteiger partial charge in [0.05, 0.1) is 0 Å². The van der Waals surface area contributed by atoms with E-state index in [4.69, 9.17) is 5.73 Å². The van der Waals surface area contributed by atoms with E-state index in [2.05, 4.69) is 16.8 Å². The molecule has 2 N–H and O–H groups in total. The molecular formula is C11H17NS. The second kappa shape index (κ2) is 3.81. The molecule has 0 atom stereocenters. The van der Waals surface area contributed by atoms with Crippen molar-refractivity contribution >= 4 is 11.3 Å². The highest BCUT2D eigenvalue weighted by Gasteiger charge is 2.32. The van der Waals surface area contributed by atoms with Crippen molar-refractivity contribution in [1.82, 2.24) is 0 Å². The molecule has 0 spiro atoms. The first-order chi connectivity index (χ1) is 6.35. The molecule has 0 amide bonds. The minimum Gasteiger partial charge on any atom is -0.330 e. The molecule has 0 aromatic carbocycles. The van der Waals surface area contributed by atoms with Crippen molar-refractivity contribution in [1.29, 1.82) is 0 Å². The average Bonchev–Trinajstić information content (AvgIpc) is 2.77. The van der Waals surface area contributed by atoms with Gasteiger partial charge in [-0.15, -0.1) is 0 Å². The fourth-order valence-corrected chi connectivity index (χ4v) is 3.07. The molecule has 1 aromatic heterocycles. The van der Waals surface area contributed by atoms with E-state index < -0.39 is 0 Å². The number of nitrogens with two attached hydrogens (primary N) is 1. The van der Waals surface area contributed by atoms with Gasteiger partial charge in [0.2, 0.25) is 0 Å². The van der Waals surface area contributed by atoms with Gasteiger partial charge < -0.3 is 5.73 Å². The summed E-state index contributed by atoms with van der Waals surface area (Å²) in [4.78, 5) is 0. The smallest absolute Gasteiger partial charge is 0.00173 e. The molecule has 0 aliphatic heterocycles. The van der Waals surface area contributed by atoms with Crippen molar-refractivity contribution in [2.24, 2.45) is 11.1 Å². The molecule has 1 aliphatic rings. The Labute approximate surface area is 84.0 Å². The zero-order valence-electron chi connectivity index (χ0n) is 7.96. The van der Waals surface area contributed by atoms with E-state index in [-0.39, 0.29) is 0 Å². The molecule has 1 saturated carbocycles. The standard InChI is InChI=1S/C11H17NS/c12-9-11(4-1-2-5-11)7-10-3-6-13-8-10/h3,6,8H,1-2,4-5,7,9,12H2. The van der Waals surface area contributed by atoms with Gasteiger partial charge >= 0.3 is 0 Å². The monoisotopic (exact) mass is 195 g/mol. The van der Waals surface area contributed by atoms with E-state index in [0.717, 1.165) is 6.54 Å². The Morgan fingerprint density at radius 2 is 2.15 bits per heavy atom. The Hall–Kier alpha value is -0.340. The number of hydrogen-bond acceptors (Lipinski definition) is 2. The lowest BCUT2D eigenvalue weighted by atomic mass is 9.81. The van der Waals surface area contributed by atoms with Crippen LogP contribution in [0.1, 0.15) is 31.2 Å². The third-order valence-corrected chi connectivity index (χ3v) is 3.99. The zero-order valence-corrected chi connectivity index (χ0v) is 8.78. The average molecular weight is 195 g/mol. The van der Waals surface area contributed by atoms with Crippen molar-refractivity contribution in [2.45, 2.75) is 32.1 Å². The van der Waals surface area contributed by atoms with Crippen LogP contribution >= 0.6 is 11.3 Å². The molecule has 13 heavy (non-hydrogen) atoms. The molecule has 2 heteroatoms. The summed E-state index contributed by atoms with van der Waals surface area (Å²) in [7, 11) is 0. The molecule has 2 rings (SSSR count). The van der Waals surface area contributed by atoms with Crippen molar-refractivity contribution in [3.63, 3.8) is 0 Å². The summed E-state index contributed by atoms with van der Waals surface area (Å²) in [5, 5.41) is 4.42. The number of thiophene rings is 1. The summed E-state index contributed by atoms with van der Waals surface area (Å²) in [6.45, 7) is 0.864. The van der Waals surface area contributed by atoms with Crippen molar-refractivity contribution in [2.75, 3.05) is 6.54 Å². The van der Waals surface area contributed by atoms with Crippen LogP contribution in [0.2, 0.25) is 0 Å². The fourth-order valence-electron chi connectivity index (χ4n) is 2.40. The minimum atomic E-state index is 0.446. The topological polar surface area (TPSA) is 26.0 Å². The Balaban J connectivity index is 2.06. The van der Waals surface area contributed by atoms with Crippen LogP contribution in [-0.4, -0.2) is 6.54 Å². The van der Waals surface area contributed by atoms with Gasteiger partial charge in [-0.1, -0.05) is 12.8 Å². The fraction of sp³-hybridized carbons (Fsp3) is 0.636. The predicted octanol–water partition coefficient (Wildman–Crippen LogP) is 2.81. The van der Waals surface area contributed by atoms with E-state index in [1.54, 1.807) is 11.3 Å². The molecule has 72 valence electrons. The van der Waals surface area contributed by atoms with Gasteiger partial charge in [-0.05, 0) is 53.6 Å². The second-order valence-corrected chi connectivity index (χ2v) is 5.00. The van der Waals surface area contributed by atoms with Gasteiger partial charge in [0.25, 0.3) is 0 Å². The van der Waals surface area contributed by atoms with Crippen LogP contribution in [0.3, 0.4) is 0 Å². The summed E-state index contributed by atoms with van der Waals surface area (Å²) >= 11 is 1.79. The Morgan fingerprint density at radius 3 is 2.69 bits per heavy atom. The van der Waals surface area contributed by atoms with Crippen LogP contribution in [0.4, 0.5) is 0 Å². The molecule has 0 unspecified atom stereocenters. The molecule has 0 bridgehead atoms. The van der Waals surface area contributed by atoms with Crippen LogP contribution in [-0.2, 0) is 6.42 Å². The maximum absolute atomic E-state index is 5.89. The maximum Gasteiger partial charge on any atom is -0.00173 e. The summed E-state index contributed by atoms with van der Waals surface area (Å²) in [5.74, 6) is 0. The van der Waals surface area contributed by atoms with E-state index in [1.165, 1.54) is 37.7 Å². The highest BCUT2D eigenvalue weighted by molar-refractivity contribution is 7.07. The normalized spacial score (nSPS) is 20.7. The van der Waals surface area contributed by atoms with E-state index in [0.29, 0.717) is 5.41 Å². The SMILES string of the molecule is NCC1(Cc2ccsc2)CCCC1. The summed E-state index contributed by atoms with van der Waals surface area (Å²) in [6, 6.07) is 2.24. The van der Waals surface area contributed by atoms with Crippen molar-refractivity contribution < 1.29 is 0 Å². The van der Waals surface area contributed by atoms with Crippen LogP contribution in [0.25, 0.3) is 0 Å². The van der Waals surface area contributed by atoms with Crippen LogP contribution in [0.15, 0.2) is 16.8 Å². The Bertz CT molecular complexity index is 247. The minimum absolute atomic E-state index is 0.446. The number of rotatable bonds is 3. The molecule has 1 heterocycles. The maximum atomic E-state index is 5.89. The highest BCUT2D eigenvalue weighted by Crippen LogP contribution is 2.40. The van der Waals surface area contributed by atoms with Gasteiger partial charge in [0.1, 0.15) is 0 Å². The lowest BCUT2D eigenvalue weighted by molar-refractivity contribution is 0.307. The first-order valence-electron chi connectivity index (χ1n) is 5.06. The molecule has 1 fully saturated rings. The lowest BCUT2D eigenvalue weighted by Crippen LogP contribution is -2.29. The van der Waals surface area contributed by atoms with Gasteiger partial charge in [-0.3, -0.25) is 0 Å². The lowest BCUT2D eigenvalue weighted by Gasteiger charge is -2.26. The third kappa shape index (κ3) is 1.94. The van der Waals surface area contributed by atoms with Gasteiger partial charge in [0.15, 0.2) is 0 Å². The summed E-state index contributed by atoms with van der Waals surface area (Å²) in [6.07, 6.45) is 6.62. The van der Waals surface area contributed by atoms with Gasteiger partial charge in [-0.2, -0.15) is 11.3 Å². The summed E-state index contributed by atoms with van der Waals surface area (Å²) < 4.78 is 0.